The normalized spacial score (nSPS) is 19.3. The maximum atomic E-state index is 6.29. The van der Waals surface area contributed by atoms with Crippen molar-refractivity contribution in [1.29, 1.82) is 0 Å². The first-order valence-electron chi connectivity index (χ1n) is 7.08. The zero-order chi connectivity index (χ0) is 13.7. The Labute approximate surface area is 116 Å². The summed E-state index contributed by atoms with van der Waals surface area (Å²) in [5, 5.41) is 0. The van der Waals surface area contributed by atoms with Gasteiger partial charge in [-0.25, -0.2) is 0 Å². The number of benzene rings is 1. The molecule has 1 atom stereocenters. The molecule has 0 spiro atoms. The van der Waals surface area contributed by atoms with Crippen LogP contribution in [0.3, 0.4) is 0 Å². The lowest BCUT2D eigenvalue weighted by Crippen LogP contribution is -2.46. The summed E-state index contributed by atoms with van der Waals surface area (Å²) in [6, 6.07) is 8.24. The molecule has 0 amide bonds. The van der Waals surface area contributed by atoms with Crippen molar-refractivity contribution in [2.75, 3.05) is 46.4 Å². The van der Waals surface area contributed by atoms with Gasteiger partial charge in [-0.15, -0.1) is 0 Å². The molecule has 0 aliphatic carbocycles. The first-order valence-corrected chi connectivity index (χ1v) is 7.08. The molecule has 1 saturated heterocycles. The molecular formula is C15H25N3O. The summed E-state index contributed by atoms with van der Waals surface area (Å²) in [5.74, 6) is 0.915. The van der Waals surface area contributed by atoms with Crippen LogP contribution in [0.4, 0.5) is 0 Å². The third-order valence-electron chi connectivity index (χ3n) is 3.67. The van der Waals surface area contributed by atoms with E-state index >= 15 is 0 Å². The minimum atomic E-state index is 0.0825. The summed E-state index contributed by atoms with van der Waals surface area (Å²) in [6.07, 6.45) is 0. The Bertz CT molecular complexity index is 371. The van der Waals surface area contributed by atoms with Crippen molar-refractivity contribution < 1.29 is 4.74 Å². The van der Waals surface area contributed by atoms with Crippen LogP contribution < -0.4 is 10.5 Å². The van der Waals surface area contributed by atoms with E-state index in [0.29, 0.717) is 6.61 Å². The topological polar surface area (TPSA) is 41.7 Å². The second kappa shape index (κ2) is 6.89. The Kier molecular flexibility index (Phi) is 5.19. The molecule has 1 heterocycles. The molecule has 2 rings (SSSR count). The number of nitrogens with zero attached hydrogens (tertiary/aromatic N) is 2. The summed E-state index contributed by atoms with van der Waals surface area (Å²) in [4.78, 5) is 4.81. The highest BCUT2D eigenvalue weighted by Gasteiger charge is 2.17. The lowest BCUT2D eigenvalue weighted by atomic mass is 10.1. The maximum absolute atomic E-state index is 6.29. The fourth-order valence-electron chi connectivity index (χ4n) is 2.39. The van der Waals surface area contributed by atoms with Crippen LogP contribution in [0.1, 0.15) is 18.5 Å². The molecule has 1 aliphatic rings. The first-order chi connectivity index (χ1) is 9.19. The molecule has 1 aromatic rings. The molecule has 0 bridgehead atoms. The molecule has 1 aromatic carbocycles. The van der Waals surface area contributed by atoms with E-state index in [4.69, 9.17) is 10.5 Å². The lowest BCUT2D eigenvalue weighted by molar-refractivity contribution is 0.147. The third-order valence-corrected chi connectivity index (χ3v) is 3.67. The lowest BCUT2D eigenvalue weighted by Gasteiger charge is -2.33. The number of nitrogens with two attached hydrogens (primary N) is 1. The summed E-state index contributed by atoms with van der Waals surface area (Å²) in [7, 11) is 2.17. The fourth-order valence-corrected chi connectivity index (χ4v) is 2.39. The van der Waals surface area contributed by atoms with E-state index in [2.05, 4.69) is 29.0 Å². The Morgan fingerprint density at radius 3 is 2.37 bits per heavy atom. The van der Waals surface area contributed by atoms with Crippen LogP contribution in [0.25, 0.3) is 0 Å². The Hall–Kier alpha value is -1.10. The van der Waals surface area contributed by atoms with Crippen molar-refractivity contribution >= 4 is 0 Å². The van der Waals surface area contributed by atoms with Gasteiger partial charge < -0.3 is 15.4 Å². The molecule has 1 fully saturated rings. The zero-order valence-corrected chi connectivity index (χ0v) is 12.0. The standard InChI is InChI=1S/C15H25N3O/c1-3-19-14-6-4-13(5-7-14)15(16)12-18-10-8-17(2)9-11-18/h4-7,15H,3,8-12,16H2,1-2H3. The highest BCUT2D eigenvalue weighted by Crippen LogP contribution is 2.17. The Morgan fingerprint density at radius 1 is 1.16 bits per heavy atom. The van der Waals surface area contributed by atoms with Gasteiger partial charge in [-0.2, -0.15) is 0 Å². The zero-order valence-electron chi connectivity index (χ0n) is 12.0. The van der Waals surface area contributed by atoms with Gasteiger partial charge in [0.1, 0.15) is 5.75 Å². The summed E-state index contributed by atoms with van der Waals surface area (Å²) < 4.78 is 5.45. The van der Waals surface area contributed by atoms with E-state index in [-0.39, 0.29) is 6.04 Å². The Morgan fingerprint density at radius 2 is 1.79 bits per heavy atom. The number of likely N-dealkylation sites (N-methyl/N-ethyl adjacent to an activating group) is 1. The van der Waals surface area contributed by atoms with E-state index in [0.717, 1.165) is 38.5 Å². The monoisotopic (exact) mass is 263 g/mol. The van der Waals surface area contributed by atoms with Crippen LogP contribution in [0, 0.1) is 0 Å². The van der Waals surface area contributed by atoms with Crippen LogP contribution in [0.2, 0.25) is 0 Å². The average molecular weight is 263 g/mol. The van der Waals surface area contributed by atoms with Crippen molar-refractivity contribution in [2.45, 2.75) is 13.0 Å². The van der Waals surface area contributed by atoms with Gasteiger partial charge in [-0.3, -0.25) is 4.90 Å². The quantitative estimate of drug-likeness (QED) is 0.870. The maximum Gasteiger partial charge on any atom is 0.119 e. The van der Waals surface area contributed by atoms with Gasteiger partial charge in [0.05, 0.1) is 6.61 Å². The highest BCUT2D eigenvalue weighted by molar-refractivity contribution is 5.29. The van der Waals surface area contributed by atoms with Crippen LogP contribution >= 0.6 is 0 Å². The van der Waals surface area contributed by atoms with Gasteiger partial charge in [-0.1, -0.05) is 12.1 Å². The molecule has 19 heavy (non-hydrogen) atoms. The van der Waals surface area contributed by atoms with Gasteiger partial charge in [0.25, 0.3) is 0 Å². The minimum Gasteiger partial charge on any atom is -0.494 e. The number of piperazine rings is 1. The molecule has 1 aliphatic heterocycles. The molecule has 4 nitrogen and oxygen atoms in total. The van der Waals surface area contributed by atoms with Crippen LogP contribution in [0.15, 0.2) is 24.3 Å². The predicted molar refractivity (Wildman–Crippen MR) is 78.5 cm³/mol. The number of ether oxygens (including phenoxy) is 1. The van der Waals surface area contributed by atoms with E-state index in [1.54, 1.807) is 0 Å². The van der Waals surface area contributed by atoms with Crippen molar-refractivity contribution in [3.05, 3.63) is 29.8 Å². The van der Waals surface area contributed by atoms with Gasteiger partial charge in [0, 0.05) is 38.8 Å². The van der Waals surface area contributed by atoms with Crippen LogP contribution in [-0.4, -0.2) is 56.2 Å². The molecular weight excluding hydrogens is 238 g/mol. The molecule has 0 saturated carbocycles. The van der Waals surface area contributed by atoms with E-state index < -0.39 is 0 Å². The van der Waals surface area contributed by atoms with Crippen molar-refractivity contribution in [3.8, 4) is 5.75 Å². The smallest absolute Gasteiger partial charge is 0.119 e. The number of rotatable bonds is 5. The molecule has 2 N–H and O–H groups in total. The minimum absolute atomic E-state index is 0.0825. The highest BCUT2D eigenvalue weighted by atomic mass is 16.5. The fraction of sp³-hybridized carbons (Fsp3) is 0.600. The Balaban J connectivity index is 1.86. The van der Waals surface area contributed by atoms with Gasteiger partial charge in [0.2, 0.25) is 0 Å². The summed E-state index contributed by atoms with van der Waals surface area (Å²) in [5.41, 5.74) is 7.47. The van der Waals surface area contributed by atoms with Gasteiger partial charge in [0.15, 0.2) is 0 Å². The largest absolute Gasteiger partial charge is 0.494 e. The number of hydrogen-bond donors (Lipinski definition) is 1. The van der Waals surface area contributed by atoms with Gasteiger partial charge >= 0.3 is 0 Å². The van der Waals surface area contributed by atoms with Crippen LogP contribution in [0.5, 0.6) is 5.75 Å². The predicted octanol–water partition coefficient (Wildman–Crippen LogP) is 1.33. The molecule has 4 heteroatoms. The van der Waals surface area contributed by atoms with Crippen molar-refractivity contribution in [1.82, 2.24) is 9.80 Å². The van der Waals surface area contributed by atoms with Crippen molar-refractivity contribution in [2.24, 2.45) is 5.73 Å². The van der Waals surface area contributed by atoms with E-state index in [1.807, 2.05) is 19.1 Å². The molecule has 0 radical (unpaired) electrons. The van der Waals surface area contributed by atoms with Crippen LogP contribution in [-0.2, 0) is 0 Å². The number of hydrogen-bond acceptors (Lipinski definition) is 4. The summed E-state index contributed by atoms with van der Waals surface area (Å²) in [6.45, 7) is 8.12. The molecule has 1 unspecified atom stereocenters. The van der Waals surface area contributed by atoms with E-state index in [1.165, 1.54) is 5.56 Å². The third kappa shape index (κ3) is 4.20. The summed E-state index contributed by atoms with van der Waals surface area (Å²) >= 11 is 0. The second-order valence-electron chi connectivity index (χ2n) is 5.21. The average Bonchev–Trinajstić information content (AvgIpc) is 2.42. The van der Waals surface area contributed by atoms with Crippen molar-refractivity contribution in [3.63, 3.8) is 0 Å². The van der Waals surface area contributed by atoms with E-state index in [9.17, 15) is 0 Å². The SMILES string of the molecule is CCOc1ccc(C(N)CN2CCN(C)CC2)cc1. The van der Waals surface area contributed by atoms with Gasteiger partial charge in [-0.05, 0) is 31.7 Å². The first kappa shape index (κ1) is 14.3. The second-order valence-corrected chi connectivity index (χ2v) is 5.21. The molecule has 106 valence electrons. The molecule has 0 aromatic heterocycles.